The van der Waals surface area contributed by atoms with Crippen molar-refractivity contribution in [1.82, 2.24) is 4.90 Å². The molecule has 0 aliphatic carbocycles. The van der Waals surface area contributed by atoms with Gasteiger partial charge in [0.15, 0.2) is 5.78 Å². The van der Waals surface area contributed by atoms with Crippen molar-refractivity contribution in [1.29, 1.82) is 0 Å². The first-order valence-corrected chi connectivity index (χ1v) is 7.86. The van der Waals surface area contributed by atoms with E-state index in [1.165, 1.54) is 17.0 Å². The highest BCUT2D eigenvalue weighted by Gasteiger charge is 2.35. The predicted octanol–water partition coefficient (Wildman–Crippen LogP) is 4.18. The summed E-state index contributed by atoms with van der Waals surface area (Å²) in [7, 11) is 0. The summed E-state index contributed by atoms with van der Waals surface area (Å²) in [5.74, 6) is -0.887. The van der Waals surface area contributed by atoms with Crippen molar-refractivity contribution in [2.75, 3.05) is 6.54 Å². The van der Waals surface area contributed by atoms with Crippen molar-refractivity contribution >= 4 is 18.0 Å². The number of likely N-dealkylation sites (tertiary alicyclic amines) is 1. The van der Waals surface area contributed by atoms with Gasteiger partial charge in [-0.05, 0) is 51.0 Å². The molecule has 0 aromatic heterocycles. The highest BCUT2D eigenvalue weighted by Crippen LogP contribution is 2.27. The number of piperidine rings is 1. The van der Waals surface area contributed by atoms with Crippen LogP contribution in [0.3, 0.4) is 0 Å². The summed E-state index contributed by atoms with van der Waals surface area (Å²) < 4.78 is 18.5. The molecule has 1 fully saturated rings. The second-order valence-electron chi connectivity index (χ2n) is 6.71. The molecule has 0 radical (unpaired) electrons. The summed E-state index contributed by atoms with van der Waals surface area (Å²) >= 11 is 0. The molecule has 1 aromatic rings. The van der Waals surface area contributed by atoms with E-state index in [9.17, 15) is 14.0 Å². The highest BCUT2D eigenvalue weighted by molar-refractivity contribution is 6.04. The fourth-order valence-corrected chi connectivity index (χ4v) is 2.44. The average Bonchev–Trinajstić information content (AvgIpc) is 2.49. The van der Waals surface area contributed by atoms with Crippen LogP contribution in [0, 0.1) is 11.7 Å². The largest absolute Gasteiger partial charge is 0.443 e. The molecule has 1 heterocycles. The highest BCUT2D eigenvalue weighted by atomic mass is 19.1. The van der Waals surface area contributed by atoms with Gasteiger partial charge in [-0.15, -0.1) is 6.58 Å². The lowest BCUT2D eigenvalue weighted by molar-refractivity contribution is -0.121. The molecule has 1 aliphatic rings. The number of Topliss-reactive ketones (excluding diaryl/α,β-unsaturated/α-hetero) is 1. The molecule has 24 heavy (non-hydrogen) atoms. The Bertz CT molecular complexity index is 671. The summed E-state index contributed by atoms with van der Waals surface area (Å²) in [6.45, 7) is 9.36. The van der Waals surface area contributed by atoms with Gasteiger partial charge in [0.25, 0.3) is 0 Å². The number of halogens is 1. The third-order valence-corrected chi connectivity index (χ3v) is 3.62. The molecule has 5 heteroatoms. The normalized spacial score (nSPS) is 20.2. The number of carbonyl (C=O) groups is 2. The molecule has 2 rings (SSSR count). The number of allylic oxidation sites excluding steroid dienone is 2. The van der Waals surface area contributed by atoms with Crippen LogP contribution in [0.2, 0.25) is 0 Å². The minimum Gasteiger partial charge on any atom is -0.443 e. The SMILES string of the molecule is C=CC1CCN(C(=O)OC(C)(C)C)/C(=C\c2ccc(F)cc2)C1=O. The van der Waals surface area contributed by atoms with Gasteiger partial charge >= 0.3 is 6.09 Å². The average molecular weight is 331 g/mol. The minimum absolute atomic E-state index is 0.188. The van der Waals surface area contributed by atoms with Gasteiger partial charge < -0.3 is 4.74 Å². The van der Waals surface area contributed by atoms with E-state index in [-0.39, 0.29) is 23.2 Å². The molecule has 128 valence electrons. The summed E-state index contributed by atoms with van der Waals surface area (Å²) in [6, 6.07) is 5.73. The summed E-state index contributed by atoms with van der Waals surface area (Å²) in [5, 5.41) is 0. The van der Waals surface area contributed by atoms with Gasteiger partial charge in [0.05, 0.1) is 5.70 Å². The van der Waals surface area contributed by atoms with Crippen molar-refractivity contribution in [3.05, 3.63) is 54.0 Å². The van der Waals surface area contributed by atoms with Crippen LogP contribution in [0.1, 0.15) is 32.8 Å². The lowest BCUT2D eigenvalue weighted by Gasteiger charge is -2.33. The lowest BCUT2D eigenvalue weighted by atomic mass is 9.92. The number of hydrogen-bond donors (Lipinski definition) is 0. The summed E-state index contributed by atoms with van der Waals surface area (Å²) in [6.07, 6.45) is 3.11. The van der Waals surface area contributed by atoms with Crippen LogP contribution in [0.15, 0.2) is 42.6 Å². The van der Waals surface area contributed by atoms with Crippen molar-refractivity contribution in [3.63, 3.8) is 0 Å². The van der Waals surface area contributed by atoms with E-state index in [4.69, 9.17) is 4.74 Å². The van der Waals surface area contributed by atoms with E-state index in [0.29, 0.717) is 18.5 Å². The van der Waals surface area contributed by atoms with Crippen LogP contribution in [-0.2, 0) is 9.53 Å². The van der Waals surface area contributed by atoms with Gasteiger partial charge in [0.1, 0.15) is 11.4 Å². The number of benzene rings is 1. The quantitative estimate of drug-likeness (QED) is 0.603. The third-order valence-electron chi connectivity index (χ3n) is 3.62. The van der Waals surface area contributed by atoms with Crippen LogP contribution in [0.25, 0.3) is 6.08 Å². The van der Waals surface area contributed by atoms with Gasteiger partial charge in [0.2, 0.25) is 0 Å². The Kier molecular flexibility index (Phi) is 5.22. The Hall–Kier alpha value is -2.43. The first kappa shape index (κ1) is 17.9. The fraction of sp³-hybridized carbons (Fsp3) is 0.368. The molecule has 0 saturated carbocycles. The van der Waals surface area contributed by atoms with Crippen LogP contribution >= 0.6 is 0 Å². The molecule has 1 amide bonds. The number of ether oxygens (including phenoxy) is 1. The monoisotopic (exact) mass is 331 g/mol. The fourth-order valence-electron chi connectivity index (χ4n) is 2.44. The number of nitrogens with zero attached hydrogens (tertiary/aromatic N) is 1. The third kappa shape index (κ3) is 4.31. The number of rotatable bonds is 2. The van der Waals surface area contributed by atoms with Gasteiger partial charge in [-0.25, -0.2) is 9.18 Å². The van der Waals surface area contributed by atoms with Crippen LogP contribution in [0.4, 0.5) is 9.18 Å². The van der Waals surface area contributed by atoms with Crippen molar-refractivity contribution in [2.24, 2.45) is 5.92 Å². The Labute approximate surface area is 141 Å². The number of hydrogen-bond acceptors (Lipinski definition) is 3. The molecule has 0 spiro atoms. The molecule has 1 atom stereocenters. The minimum atomic E-state index is -0.656. The van der Waals surface area contributed by atoms with Crippen molar-refractivity contribution in [2.45, 2.75) is 32.8 Å². The van der Waals surface area contributed by atoms with Gasteiger partial charge in [-0.1, -0.05) is 18.2 Å². The molecular weight excluding hydrogens is 309 g/mol. The van der Waals surface area contributed by atoms with Gasteiger partial charge in [0, 0.05) is 12.5 Å². The molecular formula is C19H22FNO3. The topological polar surface area (TPSA) is 46.6 Å². The molecule has 1 unspecified atom stereocenters. The van der Waals surface area contributed by atoms with Gasteiger partial charge in [-0.2, -0.15) is 0 Å². The zero-order valence-corrected chi connectivity index (χ0v) is 14.2. The first-order valence-electron chi connectivity index (χ1n) is 7.86. The van der Waals surface area contributed by atoms with E-state index < -0.39 is 11.7 Å². The number of amides is 1. The van der Waals surface area contributed by atoms with E-state index in [1.54, 1.807) is 45.1 Å². The lowest BCUT2D eigenvalue weighted by Crippen LogP contribution is -2.44. The smallest absolute Gasteiger partial charge is 0.414 e. The Balaban J connectivity index is 2.37. The predicted molar refractivity (Wildman–Crippen MR) is 90.6 cm³/mol. The van der Waals surface area contributed by atoms with Crippen LogP contribution < -0.4 is 0 Å². The maximum Gasteiger partial charge on any atom is 0.414 e. The molecule has 1 aliphatic heterocycles. The summed E-state index contributed by atoms with van der Waals surface area (Å²) in [5.41, 5.74) is 0.223. The number of carbonyl (C=O) groups excluding carboxylic acids is 2. The Morgan fingerprint density at radius 3 is 2.50 bits per heavy atom. The van der Waals surface area contributed by atoms with Crippen molar-refractivity contribution < 1.29 is 18.7 Å². The standard InChI is InChI=1S/C19H22FNO3/c1-5-14-10-11-21(18(23)24-19(2,3)4)16(17(14)22)12-13-6-8-15(20)9-7-13/h5-9,12,14H,1,10-11H2,2-4H3/b16-12-. The first-order chi connectivity index (χ1) is 11.2. The molecule has 4 nitrogen and oxygen atoms in total. The summed E-state index contributed by atoms with van der Waals surface area (Å²) in [4.78, 5) is 26.4. The molecule has 1 saturated heterocycles. The van der Waals surface area contributed by atoms with E-state index >= 15 is 0 Å². The molecule has 0 N–H and O–H groups in total. The van der Waals surface area contributed by atoms with Crippen LogP contribution in [-0.4, -0.2) is 28.9 Å². The molecule has 1 aromatic carbocycles. The Morgan fingerprint density at radius 2 is 1.96 bits per heavy atom. The second-order valence-corrected chi connectivity index (χ2v) is 6.71. The van der Waals surface area contributed by atoms with Crippen LogP contribution in [0.5, 0.6) is 0 Å². The van der Waals surface area contributed by atoms with E-state index in [0.717, 1.165) is 0 Å². The van der Waals surface area contributed by atoms with Gasteiger partial charge in [-0.3, -0.25) is 9.69 Å². The second kappa shape index (κ2) is 6.99. The maximum atomic E-state index is 13.1. The van der Waals surface area contributed by atoms with E-state index in [2.05, 4.69) is 6.58 Å². The maximum absolute atomic E-state index is 13.1. The molecule has 0 bridgehead atoms. The zero-order chi connectivity index (χ0) is 17.9. The van der Waals surface area contributed by atoms with E-state index in [1.807, 2.05) is 0 Å². The Morgan fingerprint density at radius 1 is 1.33 bits per heavy atom. The number of ketones is 1. The zero-order valence-electron chi connectivity index (χ0n) is 14.2. The van der Waals surface area contributed by atoms with Crippen molar-refractivity contribution in [3.8, 4) is 0 Å².